The van der Waals surface area contributed by atoms with Crippen molar-refractivity contribution in [2.75, 3.05) is 18.0 Å². The first-order valence-corrected chi connectivity index (χ1v) is 11.0. The van der Waals surface area contributed by atoms with Crippen LogP contribution in [0.15, 0.2) is 17.5 Å². The number of aromatic nitrogens is 3. The molecule has 2 aromatic heterocycles. The van der Waals surface area contributed by atoms with Crippen molar-refractivity contribution in [3.63, 3.8) is 0 Å². The third-order valence-corrected chi connectivity index (χ3v) is 6.63. The Hall–Kier alpha value is -2.05. The van der Waals surface area contributed by atoms with Crippen LogP contribution in [-0.4, -0.2) is 34.1 Å². The van der Waals surface area contributed by atoms with E-state index >= 15 is 0 Å². The van der Waals surface area contributed by atoms with Gasteiger partial charge in [-0.1, -0.05) is 0 Å². The maximum absolute atomic E-state index is 4.88. The highest BCUT2D eigenvalue weighted by molar-refractivity contribution is 7.09. The van der Waals surface area contributed by atoms with Crippen LogP contribution in [0.25, 0.3) is 10.9 Å². The summed E-state index contributed by atoms with van der Waals surface area (Å²) in [5.41, 5.74) is 5.85. The molecule has 1 aliphatic heterocycles. The zero-order valence-corrected chi connectivity index (χ0v) is 18.2. The first-order valence-electron chi connectivity index (χ1n) is 10.1. The van der Waals surface area contributed by atoms with Crippen molar-refractivity contribution in [2.45, 2.75) is 59.5 Å². The number of nitrogens with zero attached hydrogens (tertiary/aromatic N) is 4. The van der Waals surface area contributed by atoms with Crippen LogP contribution in [-0.2, 0) is 0 Å². The Balaban J connectivity index is 1.44. The summed E-state index contributed by atoms with van der Waals surface area (Å²) in [5.74, 6) is 0.870. The van der Waals surface area contributed by atoms with E-state index < -0.39 is 0 Å². The Bertz CT molecular complexity index is 988. The number of piperidine rings is 1. The predicted octanol–water partition coefficient (Wildman–Crippen LogP) is 4.64. The average molecular weight is 396 g/mol. The first-order chi connectivity index (χ1) is 13.4. The van der Waals surface area contributed by atoms with Gasteiger partial charge in [0.15, 0.2) is 0 Å². The van der Waals surface area contributed by atoms with Crippen molar-refractivity contribution in [1.82, 2.24) is 20.3 Å². The Morgan fingerprint density at radius 3 is 2.43 bits per heavy atom. The number of hydrogen-bond donors (Lipinski definition) is 1. The topological polar surface area (TPSA) is 53.9 Å². The lowest BCUT2D eigenvalue weighted by molar-refractivity contribution is 0.376. The number of thiazole rings is 1. The molecule has 1 atom stereocenters. The van der Waals surface area contributed by atoms with E-state index in [1.165, 1.54) is 11.1 Å². The van der Waals surface area contributed by atoms with E-state index in [2.05, 4.69) is 67.3 Å². The van der Waals surface area contributed by atoms with Crippen molar-refractivity contribution in [3.05, 3.63) is 45.0 Å². The van der Waals surface area contributed by atoms with Crippen LogP contribution < -0.4 is 10.2 Å². The third-order valence-electron chi connectivity index (χ3n) is 5.83. The number of nitrogens with one attached hydrogen (secondary N) is 1. The van der Waals surface area contributed by atoms with Crippen molar-refractivity contribution >= 4 is 28.2 Å². The summed E-state index contributed by atoms with van der Waals surface area (Å²) in [7, 11) is 0. The lowest BCUT2D eigenvalue weighted by atomic mass is 10.0. The first kappa shape index (κ1) is 19.3. The van der Waals surface area contributed by atoms with Crippen molar-refractivity contribution in [2.24, 2.45) is 0 Å². The monoisotopic (exact) mass is 395 g/mol. The molecule has 1 unspecified atom stereocenters. The molecular formula is C22H29N5S. The molecule has 0 aliphatic carbocycles. The van der Waals surface area contributed by atoms with Crippen LogP contribution in [0.5, 0.6) is 0 Å². The summed E-state index contributed by atoms with van der Waals surface area (Å²) in [6.45, 7) is 12.6. The minimum absolute atomic E-state index is 0.298. The standard InChI is InChI=1S/C22H29N5S/c1-13-10-19-15(3)24-22(26-20(19)11-14(13)2)27-8-6-18(7-9-27)23-16(4)21-12-28-17(5)25-21/h10-12,16,18,23H,6-9H2,1-5H3. The van der Waals surface area contributed by atoms with Crippen molar-refractivity contribution in [1.29, 1.82) is 0 Å². The van der Waals surface area contributed by atoms with E-state index in [-0.39, 0.29) is 0 Å². The highest BCUT2D eigenvalue weighted by Crippen LogP contribution is 2.25. The van der Waals surface area contributed by atoms with Gasteiger partial charge >= 0.3 is 0 Å². The molecule has 0 radical (unpaired) electrons. The van der Waals surface area contributed by atoms with Crippen LogP contribution in [0.1, 0.15) is 53.3 Å². The van der Waals surface area contributed by atoms with Crippen molar-refractivity contribution in [3.8, 4) is 0 Å². The molecule has 0 spiro atoms. The molecule has 148 valence electrons. The van der Waals surface area contributed by atoms with E-state index in [4.69, 9.17) is 9.97 Å². The number of aryl methyl sites for hydroxylation is 4. The number of rotatable bonds is 4. The molecule has 6 heteroatoms. The van der Waals surface area contributed by atoms with Crippen LogP contribution in [0.3, 0.4) is 0 Å². The molecule has 4 rings (SSSR count). The number of anilines is 1. The lowest BCUT2D eigenvalue weighted by Crippen LogP contribution is -2.44. The summed E-state index contributed by atoms with van der Waals surface area (Å²) in [6, 6.07) is 5.21. The van der Waals surface area contributed by atoms with E-state index in [9.17, 15) is 0 Å². The molecule has 5 nitrogen and oxygen atoms in total. The van der Waals surface area contributed by atoms with Gasteiger partial charge in [-0.3, -0.25) is 0 Å². The van der Waals surface area contributed by atoms with Gasteiger partial charge in [-0.15, -0.1) is 11.3 Å². The summed E-state index contributed by atoms with van der Waals surface area (Å²) in [6.07, 6.45) is 2.20. The largest absolute Gasteiger partial charge is 0.341 e. The molecule has 1 fully saturated rings. The van der Waals surface area contributed by atoms with Crippen LogP contribution in [0, 0.1) is 27.7 Å². The zero-order chi connectivity index (χ0) is 19.8. The Kier molecular flexibility index (Phi) is 5.34. The summed E-state index contributed by atoms with van der Waals surface area (Å²) >= 11 is 1.72. The Morgan fingerprint density at radius 2 is 1.75 bits per heavy atom. The van der Waals surface area contributed by atoms with Crippen LogP contribution in [0.4, 0.5) is 5.95 Å². The van der Waals surface area contributed by atoms with Gasteiger partial charge in [-0.05, 0) is 70.7 Å². The quantitative estimate of drug-likeness (QED) is 0.697. The SMILES string of the molecule is Cc1nc(C(C)NC2CCN(c3nc(C)c4cc(C)c(C)cc4n3)CC2)cs1. The maximum atomic E-state index is 4.88. The van der Waals surface area contributed by atoms with Gasteiger partial charge in [-0.25, -0.2) is 15.0 Å². The molecule has 0 bridgehead atoms. The smallest absolute Gasteiger partial charge is 0.226 e. The average Bonchev–Trinajstić information content (AvgIpc) is 3.10. The minimum atomic E-state index is 0.298. The Labute approximate surface area is 171 Å². The molecule has 1 aromatic carbocycles. The van der Waals surface area contributed by atoms with Gasteiger partial charge in [0, 0.05) is 35.9 Å². The van der Waals surface area contributed by atoms with E-state index in [1.807, 2.05) is 0 Å². The normalized spacial score (nSPS) is 16.7. The molecule has 1 saturated heterocycles. The molecule has 1 aliphatic rings. The fraction of sp³-hybridized carbons (Fsp3) is 0.500. The summed E-state index contributed by atoms with van der Waals surface area (Å²) in [5, 5.41) is 8.21. The van der Waals surface area contributed by atoms with Gasteiger partial charge in [-0.2, -0.15) is 0 Å². The predicted molar refractivity (Wildman–Crippen MR) is 117 cm³/mol. The zero-order valence-electron chi connectivity index (χ0n) is 17.4. The number of hydrogen-bond acceptors (Lipinski definition) is 6. The van der Waals surface area contributed by atoms with Crippen molar-refractivity contribution < 1.29 is 0 Å². The van der Waals surface area contributed by atoms with Crippen LogP contribution in [0.2, 0.25) is 0 Å². The van der Waals surface area contributed by atoms with Gasteiger partial charge in [0.05, 0.1) is 21.9 Å². The van der Waals surface area contributed by atoms with Gasteiger partial charge < -0.3 is 10.2 Å². The van der Waals surface area contributed by atoms with E-state index in [0.717, 1.165) is 59.2 Å². The van der Waals surface area contributed by atoms with E-state index in [1.54, 1.807) is 11.3 Å². The molecule has 3 heterocycles. The molecule has 28 heavy (non-hydrogen) atoms. The minimum Gasteiger partial charge on any atom is -0.341 e. The highest BCUT2D eigenvalue weighted by atomic mass is 32.1. The molecule has 3 aromatic rings. The third kappa shape index (κ3) is 3.89. The highest BCUT2D eigenvalue weighted by Gasteiger charge is 2.23. The fourth-order valence-electron chi connectivity index (χ4n) is 3.93. The molecule has 1 N–H and O–H groups in total. The Morgan fingerprint density at radius 1 is 1.04 bits per heavy atom. The fourth-order valence-corrected chi connectivity index (χ4v) is 4.64. The summed E-state index contributed by atoms with van der Waals surface area (Å²) in [4.78, 5) is 16.6. The summed E-state index contributed by atoms with van der Waals surface area (Å²) < 4.78 is 0. The number of benzene rings is 1. The molecule has 0 amide bonds. The molecular weight excluding hydrogens is 366 g/mol. The second-order valence-corrected chi connectivity index (χ2v) is 9.07. The van der Waals surface area contributed by atoms with Gasteiger partial charge in [0.1, 0.15) is 0 Å². The van der Waals surface area contributed by atoms with Crippen LogP contribution >= 0.6 is 11.3 Å². The second-order valence-electron chi connectivity index (χ2n) is 8.00. The second kappa shape index (κ2) is 7.76. The van der Waals surface area contributed by atoms with Gasteiger partial charge in [0.25, 0.3) is 0 Å². The van der Waals surface area contributed by atoms with E-state index in [0.29, 0.717) is 12.1 Å². The van der Waals surface area contributed by atoms with Gasteiger partial charge in [0.2, 0.25) is 5.95 Å². The maximum Gasteiger partial charge on any atom is 0.226 e. The number of fused-ring (bicyclic) bond motifs is 1. The molecule has 0 saturated carbocycles. The lowest BCUT2D eigenvalue weighted by Gasteiger charge is -2.34.